The number of carbonyl (C=O) groups is 8. The number of amides is 4. The van der Waals surface area contributed by atoms with E-state index in [2.05, 4.69) is 20.8 Å². The molecule has 60 heavy (non-hydrogen) atoms. The molecule has 0 aromatic heterocycles. The first kappa shape index (κ1) is 47.6. The van der Waals surface area contributed by atoms with Crippen LogP contribution in [0, 0.1) is 0 Å². The molecule has 1 aromatic carbocycles. The lowest BCUT2D eigenvalue weighted by Gasteiger charge is -2.37. The highest BCUT2D eigenvalue weighted by molar-refractivity contribution is 8.00. The van der Waals surface area contributed by atoms with Gasteiger partial charge in [-0.25, -0.2) is 9.59 Å². The van der Waals surface area contributed by atoms with Crippen molar-refractivity contribution < 1.29 is 68.9 Å². The zero-order valence-electron chi connectivity index (χ0n) is 33.1. The molecule has 0 aliphatic carbocycles. The predicted octanol–water partition coefficient (Wildman–Crippen LogP) is -1.33. The van der Waals surface area contributed by atoms with Gasteiger partial charge < -0.3 is 41.3 Å². The standard InChI is InChI=1S/C37H54N8O14S/c46-29(17-45(22-35(56)59-58)30(47)4-2-1-3-28-36-27(23-60-28)39-37(57)40-36)38-25-7-5-24(6-8-25)15-26-16-43(20-33(52)53)12-11-41(18-31(48)49)9-10-42(19-32(50)51)13-14-44(26)21-34(54)55/h5-8,26-28,36,58H,1-4,9-23H2,(H,38,46)(H,48,49)(H,50,51)(H,52,53)(H,54,55)(H2,39,40,57). The van der Waals surface area contributed by atoms with Crippen molar-refractivity contribution >= 4 is 65.1 Å². The summed E-state index contributed by atoms with van der Waals surface area (Å²) in [6.45, 7) is -1.74. The van der Waals surface area contributed by atoms with Crippen LogP contribution in [-0.4, -0.2) is 212 Å². The summed E-state index contributed by atoms with van der Waals surface area (Å²) in [6.07, 6.45) is 2.13. The number of nitrogens with one attached hydrogen (secondary N) is 3. The Kier molecular flexibility index (Phi) is 18.8. The Bertz CT molecular complexity index is 1690. The average Bonchev–Trinajstić information content (AvgIpc) is 3.73. The van der Waals surface area contributed by atoms with E-state index in [1.54, 1.807) is 55.6 Å². The number of carbonyl (C=O) groups excluding carboxylic acids is 4. The number of carboxylic acid groups (broad SMARTS) is 4. The zero-order chi connectivity index (χ0) is 43.8. The number of hydrogen-bond donors (Lipinski definition) is 8. The molecule has 23 heteroatoms. The summed E-state index contributed by atoms with van der Waals surface area (Å²) in [6, 6.07) is 5.84. The summed E-state index contributed by atoms with van der Waals surface area (Å²) in [7, 11) is 0. The van der Waals surface area contributed by atoms with Gasteiger partial charge in [-0.15, -0.1) is 0 Å². The average molecular weight is 867 g/mol. The van der Waals surface area contributed by atoms with Gasteiger partial charge in [0, 0.05) is 75.0 Å². The van der Waals surface area contributed by atoms with Crippen molar-refractivity contribution in [2.45, 2.75) is 55.5 Å². The minimum Gasteiger partial charge on any atom is -0.480 e. The van der Waals surface area contributed by atoms with E-state index in [1.165, 1.54) is 0 Å². The minimum atomic E-state index is -1.15. The molecule has 0 saturated carbocycles. The molecule has 3 aliphatic rings. The Morgan fingerprint density at radius 1 is 0.767 bits per heavy atom. The zero-order valence-corrected chi connectivity index (χ0v) is 33.9. The molecule has 0 radical (unpaired) electrons. The van der Waals surface area contributed by atoms with Gasteiger partial charge in [0.05, 0.1) is 38.3 Å². The number of urea groups is 1. The molecule has 4 unspecified atom stereocenters. The predicted molar refractivity (Wildman–Crippen MR) is 213 cm³/mol. The second kappa shape index (κ2) is 23.6. The Hall–Kier alpha value is -5.07. The van der Waals surface area contributed by atoms with Crippen molar-refractivity contribution in [3.05, 3.63) is 29.8 Å². The third kappa shape index (κ3) is 16.2. The van der Waals surface area contributed by atoms with Crippen LogP contribution in [0.4, 0.5) is 10.5 Å². The van der Waals surface area contributed by atoms with Crippen molar-refractivity contribution in [3.8, 4) is 0 Å². The van der Waals surface area contributed by atoms with Crippen LogP contribution in [0.15, 0.2) is 24.3 Å². The fourth-order valence-corrected chi connectivity index (χ4v) is 9.11. The number of nitrogens with zero attached hydrogens (tertiary/aromatic N) is 5. The summed E-state index contributed by atoms with van der Waals surface area (Å²) in [5, 5.41) is 56.1. The highest BCUT2D eigenvalue weighted by Crippen LogP contribution is 2.33. The molecular weight excluding hydrogens is 813 g/mol. The number of benzene rings is 1. The van der Waals surface area contributed by atoms with Gasteiger partial charge in [0.2, 0.25) is 11.8 Å². The first-order valence-corrected chi connectivity index (χ1v) is 20.6. The molecule has 332 valence electrons. The van der Waals surface area contributed by atoms with Crippen LogP contribution in [0.1, 0.15) is 31.2 Å². The molecule has 0 bridgehead atoms. The molecule has 4 rings (SSSR count). The Morgan fingerprint density at radius 3 is 1.95 bits per heavy atom. The maximum absolute atomic E-state index is 13.1. The van der Waals surface area contributed by atoms with Gasteiger partial charge in [-0.3, -0.25) is 53.3 Å². The first-order valence-electron chi connectivity index (χ1n) is 19.6. The fraction of sp³-hybridized carbons (Fsp3) is 0.622. The van der Waals surface area contributed by atoms with Crippen molar-refractivity contribution in [1.82, 2.24) is 35.1 Å². The van der Waals surface area contributed by atoms with E-state index < -0.39 is 73.9 Å². The molecule has 8 N–H and O–H groups in total. The van der Waals surface area contributed by atoms with Crippen molar-refractivity contribution in [3.63, 3.8) is 0 Å². The summed E-state index contributed by atoms with van der Waals surface area (Å²) in [4.78, 5) is 108. The van der Waals surface area contributed by atoms with Gasteiger partial charge in [0.1, 0.15) is 13.1 Å². The van der Waals surface area contributed by atoms with E-state index in [1.807, 2.05) is 0 Å². The van der Waals surface area contributed by atoms with Gasteiger partial charge in [-0.05, 0) is 37.0 Å². The number of fused-ring (bicyclic) bond motifs is 1. The number of hydrogen-bond acceptors (Lipinski definition) is 15. The van der Waals surface area contributed by atoms with Crippen molar-refractivity contribution in [2.24, 2.45) is 0 Å². The largest absolute Gasteiger partial charge is 0.480 e. The topological polar surface area (TPSA) is 299 Å². The molecule has 0 spiro atoms. The number of anilines is 1. The smallest absolute Gasteiger partial charge is 0.361 e. The van der Waals surface area contributed by atoms with Crippen LogP contribution in [0.25, 0.3) is 0 Å². The molecule has 3 saturated heterocycles. The van der Waals surface area contributed by atoms with Gasteiger partial charge in [-0.1, -0.05) is 18.6 Å². The normalized spacial score (nSPS) is 22.0. The van der Waals surface area contributed by atoms with E-state index in [4.69, 9.17) is 5.26 Å². The lowest BCUT2D eigenvalue weighted by molar-refractivity contribution is -0.235. The van der Waals surface area contributed by atoms with Gasteiger partial charge in [-0.2, -0.15) is 17.0 Å². The lowest BCUT2D eigenvalue weighted by Crippen LogP contribution is -2.53. The molecule has 22 nitrogen and oxygen atoms in total. The van der Waals surface area contributed by atoms with Gasteiger partial charge in [0.25, 0.3) is 0 Å². The maximum atomic E-state index is 13.1. The number of thioether (sulfide) groups is 1. The number of aliphatic carboxylic acids is 4. The van der Waals surface area contributed by atoms with Crippen LogP contribution >= 0.6 is 11.8 Å². The van der Waals surface area contributed by atoms with Gasteiger partial charge in [0.15, 0.2) is 0 Å². The van der Waals surface area contributed by atoms with Gasteiger partial charge >= 0.3 is 35.9 Å². The van der Waals surface area contributed by atoms with Crippen LogP contribution in [0.5, 0.6) is 0 Å². The maximum Gasteiger partial charge on any atom is 0.361 e. The lowest BCUT2D eigenvalue weighted by atomic mass is 10.0. The minimum absolute atomic E-state index is 0.0240. The molecule has 3 fully saturated rings. The third-order valence-electron chi connectivity index (χ3n) is 10.5. The molecule has 1 aromatic rings. The molecule has 4 amide bonds. The van der Waals surface area contributed by atoms with E-state index >= 15 is 0 Å². The van der Waals surface area contributed by atoms with Crippen molar-refractivity contribution in [1.29, 1.82) is 0 Å². The summed E-state index contributed by atoms with van der Waals surface area (Å²) >= 11 is 1.75. The van der Waals surface area contributed by atoms with Crippen molar-refractivity contribution in [2.75, 3.05) is 96.2 Å². The monoisotopic (exact) mass is 866 g/mol. The molecule has 4 atom stereocenters. The number of rotatable bonds is 20. The Morgan fingerprint density at radius 2 is 1.35 bits per heavy atom. The van der Waals surface area contributed by atoms with Crippen LogP contribution in [0.3, 0.4) is 0 Å². The second-order valence-corrected chi connectivity index (χ2v) is 16.3. The van der Waals surface area contributed by atoms with E-state index in [9.17, 15) is 58.8 Å². The molecule has 3 heterocycles. The summed E-state index contributed by atoms with van der Waals surface area (Å²) < 4.78 is 0. The molecule has 3 aliphatic heterocycles. The Balaban J connectivity index is 1.41. The van der Waals surface area contributed by atoms with E-state index in [0.717, 1.165) is 17.1 Å². The van der Waals surface area contributed by atoms with E-state index in [0.29, 0.717) is 24.1 Å². The number of carboxylic acids is 4. The van der Waals surface area contributed by atoms with Crippen LogP contribution in [0.2, 0.25) is 0 Å². The van der Waals surface area contributed by atoms with Crippen LogP contribution < -0.4 is 16.0 Å². The van der Waals surface area contributed by atoms with Crippen LogP contribution in [-0.2, 0) is 44.9 Å². The second-order valence-electron chi connectivity index (χ2n) is 15.0. The Labute approximate surface area is 350 Å². The summed E-state index contributed by atoms with van der Waals surface area (Å²) in [5.41, 5.74) is 1.02. The quantitative estimate of drug-likeness (QED) is 0.0326. The highest BCUT2D eigenvalue weighted by atomic mass is 32.2. The third-order valence-corrected chi connectivity index (χ3v) is 12.0. The number of unbranched alkanes of at least 4 members (excludes halogenated alkanes) is 1. The highest BCUT2D eigenvalue weighted by Gasteiger charge is 2.42. The molecular formula is C37H54N8O14S. The van der Waals surface area contributed by atoms with E-state index in [-0.39, 0.29) is 95.1 Å². The first-order chi connectivity index (χ1) is 28.6. The SMILES string of the molecule is O=C(O)CN1CCN(CC(=O)O)CCN(CC(=O)O)C(Cc2ccc(NC(=O)CN(CC(=O)OO)C(=O)CCCCC3SCC4NC(=O)NC43)cc2)CN(CC(=O)O)CC1. The summed E-state index contributed by atoms with van der Waals surface area (Å²) in [5.74, 6) is -5.95. The fourth-order valence-electron chi connectivity index (χ4n) is 7.57.